The molecule has 1 amide bonds. The summed E-state index contributed by atoms with van der Waals surface area (Å²) >= 11 is 0. The molecule has 1 aromatic carbocycles. The molecule has 0 N–H and O–H groups in total. The number of ether oxygens (including phenoxy) is 3. The lowest BCUT2D eigenvalue weighted by atomic mass is 10.1. The van der Waals surface area contributed by atoms with Crippen LogP contribution in [0.1, 0.15) is 12.8 Å². The smallest absolute Gasteiger partial charge is 0.406 e. The summed E-state index contributed by atoms with van der Waals surface area (Å²) in [5.41, 5.74) is 0. The summed E-state index contributed by atoms with van der Waals surface area (Å²) in [4.78, 5) is 13.2. The zero-order valence-electron chi connectivity index (χ0n) is 13.3. The molecule has 0 saturated carbocycles. The Kier molecular flexibility index (Phi) is 6.30. The summed E-state index contributed by atoms with van der Waals surface area (Å²) in [6, 6.07) is 6.16. The van der Waals surface area contributed by atoms with Gasteiger partial charge in [0.15, 0.2) is 18.1 Å². The van der Waals surface area contributed by atoms with E-state index in [1.807, 2.05) is 0 Å². The van der Waals surface area contributed by atoms with Crippen molar-refractivity contribution in [3.8, 4) is 11.5 Å². The average molecular weight is 347 g/mol. The number of halogens is 3. The Bertz CT molecular complexity index is 544. The molecule has 1 saturated heterocycles. The van der Waals surface area contributed by atoms with Crippen molar-refractivity contribution in [2.75, 3.05) is 33.5 Å². The van der Waals surface area contributed by atoms with Crippen LogP contribution in [-0.4, -0.2) is 56.5 Å². The van der Waals surface area contributed by atoms with Gasteiger partial charge in [0.2, 0.25) is 0 Å². The fourth-order valence-corrected chi connectivity index (χ4v) is 2.57. The van der Waals surface area contributed by atoms with Gasteiger partial charge in [0, 0.05) is 19.3 Å². The van der Waals surface area contributed by atoms with Gasteiger partial charge in [0.25, 0.3) is 5.91 Å². The summed E-state index contributed by atoms with van der Waals surface area (Å²) in [6.45, 7) is -1.07. The Labute approximate surface area is 138 Å². The van der Waals surface area contributed by atoms with Crippen molar-refractivity contribution < 1.29 is 32.2 Å². The van der Waals surface area contributed by atoms with Gasteiger partial charge >= 0.3 is 6.18 Å². The molecule has 2 rings (SSSR count). The topological polar surface area (TPSA) is 48.0 Å². The average Bonchev–Trinajstić information content (AvgIpc) is 2.58. The Balaban J connectivity index is 2.03. The van der Waals surface area contributed by atoms with E-state index in [9.17, 15) is 18.0 Å². The third-order valence-corrected chi connectivity index (χ3v) is 3.72. The standard InChI is InChI=1S/C16H20F3NO4/c1-22-13-4-2-3-5-14(13)24-10-15(21)20(11-16(17,18)19)12-6-8-23-9-7-12/h2-5,12H,6-11H2,1H3. The molecular formula is C16H20F3NO4. The maximum absolute atomic E-state index is 12.8. The van der Waals surface area contributed by atoms with Crippen molar-refractivity contribution in [3.05, 3.63) is 24.3 Å². The number of para-hydroxylation sites is 2. The molecule has 1 fully saturated rings. The summed E-state index contributed by atoms with van der Waals surface area (Å²) in [6.07, 6.45) is -3.69. The van der Waals surface area contributed by atoms with Crippen LogP contribution >= 0.6 is 0 Å². The largest absolute Gasteiger partial charge is 0.493 e. The van der Waals surface area contributed by atoms with Crippen LogP contribution in [0.5, 0.6) is 11.5 Å². The van der Waals surface area contributed by atoms with Crippen LogP contribution in [0, 0.1) is 0 Å². The SMILES string of the molecule is COc1ccccc1OCC(=O)N(CC(F)(F)F)C1CCOCC1. The molecule has 0 radical (unpaired) electrons. The second kappa shape index (κ2) is 8.23. The summed E-state index contributed by atoms with van der Waals surface area (Å²) in [7, 11) is 1.45. The molecule has 0 aliphatic carbocycles. The Hall–Kier alpha value is -1.96. The molecule has 0 atom stereocenters. The number of alkyl halides is 3. The van der Waals surface area contributed by atoms with E-state index in [-0.39, 0.29) is 0 Å². The second-order valence-electron chi connectivity index (χ2n) is 5.42. The lowest BCUT2D eigenvalue weighted by molar-refractivity contribution is -0.170. The first kappa shape index (κ1) is 18.4. The number of benzene rings is 1. The van der Waals surface area contributed by atoms with Gasteiger partial charge in [-0.2, -0.15) is 13.2 Å². The number of methoxy groups -OCH3 is 1. The van der Waals surface area contributed by atoms with Crippen molar-refractivity contribution in [1.82, 2.24) is 4.90 Å². The van der Waals surface area contributed by atoms with E-state index in [2.05, 4.69) is 0 Å². The molecule has 8 heteroatoms. The van der Waals surface area contributed by atoms with Gasteiger partial charge in [-0.15, -0.1) is 0 Å². The number of hydrogen-bond acceptors (Lipinski definition) is 4. The number of carbonyl (C=O) groups is 1. The molecule has 1 heterocycles. The highest BCUT2D eigenvalue weighted by atomic mass is 19.4. The minimum absolute atomic E-state index is 0.312. The molecule has 0 spiro atoms. The van der Waals surface area contributed by atoms with Crippen LogP contribution in [0.2, 0.25) is 0 Å². The predicted octanol–water partition coefficient (Wildman–Crippen LogP) is 2.64. The zero-order valence-corrected chi connectivity index (χ0v) is 13.3. The highest BCUT2D eigenvalue weighted by Crippen LogP contribution is 2.26. The predicted molar refractivity (Wildman–Crippen MR) is 80.1 cm³/mol. The molecule has 0 aromatic heterocycles. The Morgan fingerprint density at radius 2 is 1.88 bits per heavy atom. The molecule has 24 heavy (non-hydrogen) atoms. The quantitative estimate of drug-likeness (QED) is 0.794. The van der Waals surface area contributed by atoms with Crippen LogP contribution in [0.15, 0.2) is 24.3 Å². The first-order chi connectivity index (χ1) is 11.4. The number of carbonyl (C=O) groups excluding carboxylic acids is 1. The number of hydrogen-bond donors (Lipinski definition) is 0. The normalized spacial score (nSPS) is 15.8. The van der Waals surface area contributed by atoms with E-state index in [1.165, 1.54) is 7.11 Å². The van der Waals surface area contributed by atoms with Crippen LogP contribution in [-0.2, 0) is 9.53 Å². The van der Waals surface area contributed by atoms with Crippen molar-refractivity contribution in [2.24, 2.45) is 0 Å². The molecule has 0 unspecified atom stereocenters. The maximum Gasteiger partial charge on any atom is 0.406 e. The molecular weight excluding hydrogens is 327 g/mol. The van der Waals surface area contributed by atoms with Crippen molar-refractivity contribution >= 4 is 5.91 Å². The molecule has 5 nitrogen and oxygen atoms in total. The minimum atomic E-state index is -4.46. The van der Waals surface area contributed by atoms with Gasteiger partial charge < -0.3 is 19.1 Å². The summed E-state index contributed by atoms with van der Waals surface area (Å²) in [5, 5.41) is 0. The number of nitrogens with zero attached hydrogens (tertiary/aromatic N) is 1. The number of amides is 1. The molecule has 1 aliphatic heterocycles. The van der Waals surface area contributed by atoms with Crippen LogP contribution < -0.4 is 9.47 Å². The van der Waals surface area contributed by atoms with Crippen LogP contribution in [0.3, 0.4) is 0 Å². The third kappa shape index (κ3) is 5.30. The first-order valence-electron chi connectivity index (χ1n) is 7.60. The fraction of sp³-hybridized carbons (Fsp3) is 0.562. The minimum Gasteiger partial charge on any atom is -0.493 e. The van der Waals surface area contributed by atoms with Gasteiger partial charge in [0.1, 0.15) is 6.54 Å². The van der Waals surface area contributed by atoms with E-state index in [1.54, 1.807) is 24.3 Å². The van der Waals surface area contributed by atoms with Gasteiger partial charge in [0.05, 0.1) is 7.11 Å². The van der Waals surface area contributed by atoms with Crippen LogP contribution in [0.4, 0.5) is 13.2 Å². The highest BCUT2D eigenvalue weighted by molar-refractivity contribution is 5.78. The summed E-state index contributed by atoms with van der Waals surface area (Å²) in [5.74, 6) is 0.0242. The van der Waals surface area contributed by atoms with E-state index < -0.39 is 31.3 Å². The summed E-state index contributed by atoms with van der Waals surface area (Å²) < 4.78 is 54.1. The van der Waals surface area contributed by atoms with E-state index in [0.717, 1.165) is 4.90 Å². The van der Waals surface area contributed by atoms with Crippen molar-refractivity contribution in [3.63, 3.8) is 0 Å². The fourth-order valence-electron chi connectivity index (χ4n) is 2.57. The monoisotopic (exact) mass is 347 g/mol. The number of rotatable bonds is 6. The third-order valence-electron chi connectivity index (χ3n) is 3.72. The van der Waals surface area contributed by atoms with E-state index in [0.29, 0.717) is 37.6 Å². The van der Waals surface area contributed by atoms with Gasteiger partial charge in [-0.3, -0.25) is 4.79 Å². The van der Waals surface area contributed by atoms with Gasteiger partial charge in [-0.1, -0.05) is 12.1 Å². The Morgan fingerprint density at radius 1 is 1.25 bits per heavy atom. The van der Waals surface area contributed by atoms with Crippen molar-refractivity contribution in [1.29, 1.82) is 0 Å². The second-order valence-corrected chi connectivity index (χ2v) is 5.42. The zero-order chi connectivity index (χ0) is 17.6. The van der Waals surface area contributed by atoms with E-state index in [4.69, 9.17) is 14.2 Å². The Morgan fingerprint density at radius 3 is 2.46 bits per heavy atom. The van der Waals surface area contributed by atoms with Gasteiger partial charge in [-0.25, -0.2) is 0 Å². The van der Waals surface area contributed by atoms with Gasteiger partial charge in [-0.05, 0) is 25.0 Å². The van der Waals surface area contributed by atoms with E-state index >= 15 is 0 Å². The van der Waals surface area contributed by atoms with Crippen molar-refractivity contribution in [2.45, 2.75) is 25.1 Å². The molecule has 0 bridgehead atoms. The maximum atomic E-state index is 12.8. The molecule has 1 aromatic rings. The lowest BCUT2D eigenvalue weighted by Crippen LogP contribution is -2.49. The lowest BCUT2D eigenvalue weighted by Gasteiger charge is -2.34. The molecule has 1 aliphatic rings. The molecule has 134 valence electrons. The highest BCUT2D eigenvalue weighted by Gasteiger charge is 2.37. The van der Waals surface area contributed by atoms with Crippen LogP contribution in [0.25, 0.3) is 0 Å². The first-order valence-corrected chi connectivity index (χ1v) is 7.60.